The van der Waals surface area contributed by atoms with Crippen molar-refractivity contribution in [1.82, 2.24) is 0 Å². The Bertz CT molecular complexity index is 660. The van der Waals surface area contributed by atoms with E-state index in [9.17, 15) is 9.18 Å². The molecule has 0 aromatic heterocycles. The number of halogens is 1. The van der Waals surface area contributed by atoms with Crippen LogP contribution < -0.4 is 0 Å². The molecule has 0 radical (unpaired) electrons. The number of carbonyl (C=O) groups is 1. The van der Waals surface area contributed by atoms with Gasteiger partial charge in [0, 0.05) is 11.8 Å². The zero-order valence-electron chi connectivity index (χ0n) is 12.4. The minimum atomic E-state index is -0.751. The quantitative estimate of drug-likeness (QED) is 0.771. The van der Waals surface area contributed by atoms with Gasteiger partial charge in [0.15, 0.2) is 0 Å². The molecular formula is C19H19FO. The molecule has 0 spiro atoms. The van der Waals surface area contributed by atoms with Crippen LogP contribution in [0.3, 0.4) is 0 Å². The maximum absolute atomic E-state index is 14.3. The standard InChI is InChI=1S/C19H19FO/c1-14(21)13-19(3,17-11-7-8-12-18(17)20)15(2)16-9-5-4-6-10-16/h4-12H,2,13H2,1,3H3/t19-/m0/s1. The molecule has 21 heavy (non-hydrogen) atoms. The van der Waals surface area contributed by atoms with Crippen molar-refractivity contribution >= 4 is 11.4 Å². The molecule has 0 fully saturated rings. The van der Waals surface area contributed by atoms with Gasteiger partial charge in [-0.2, -0.15) is 0 Å². The lowest BCUT2D eigenvalue weighted by Gasteiger charge is -2.32. The lowest BCUT2D eigenvalue weighted by atomic mass is 9.70. The van der Waals surface area contributed by atoms with Crippen molar-refractivity contribution in [2.75, 3.05) is 0 Å². The highest BCUT2D eigenvalue weighted by atomic mass is 19.1. The lowest BCUT2D eigenvalue weighted by molar-refractivity contribution is -0.117. The summed E-state index contributed by atoms with van der Waals surface area (Å²) in [6, 6.07) is 16.2. The number of carbonyl (C=O) groups excluding carboxylic acids is 1. The van der Waals surface area contributed by atoms with E-state index in [0.717, 1.165) is 11.1 Å². The molecule has 0 saturated carbocycles. The number of hydrogen-bond acceptors (Lipinski definition) is 1. The van der Waals surface area contributed by atoms with Gasteiger partial charge >= 0.3 is 0 Å². The van der Waals surface area contributed by atoms with Crippen LogP contribution in [0.25, 0.3) is 5.57 Å². The normalized spacial score (nSPS) is 13.5. The van der Waals surface area contributed by atoms with Crippen molar-refractivity contribution in [3.05, 3.63) is 78.1 Å². The van der Waals surface area contributed by atoms with Crippen molar-refractivity contribution < 1.29 is 9.18 Å². The van der Waals surface area contributed by atoms with Crippen LogP contribution in [0.1, 0.15) is 31.4 Å². The average molecular weight is 282 g/mol. The van der Waals surface area contributed by atoms with Crippen molar-refractivity contribution in [3.63, 3.8) is 0 Å². The first-order valence-corrected chi connectivity index (χ1v) is 6.94. The third kappa shape index (κ3) is 3.10. The third-order valence-corrected chi connectivity index (χ3v) is 3.86. The van der Waals surface area contributed by atoms with Crippen LogP contribution in [-0.2, 0) is 10.2 Å². The van der Waals surface area contributed by atoms with Gasteiger partial charge < -0.3 is 0 Å². The zero-order chi connectivity index (χ0) is 15.5. The Hall–Kier alpha value is -2.22. The Morgan fingerprint density at radius 3 is 2.24 bits per heavy atom. The van der Waals surface area contributed by atoms with Crippen molar-refractivity contribution in [2.24, 2.45) is 0 Å². The Balaban J connectivity index is 2.55. The van der Waals surface area contributed by atoms with E-state index < -0.39 is 5.41 Å². The number of Topliss-reactive ketones (excluding diaryl/α,β-unsaturated/α-hetero) is 1. The minimum Gasteiger partial charge on any atom is -0.300 e. The second kappa shape index (κ2) is 6.04. The molecule has 0 aliphatic rings. The molecule has 0 unspecified atom stereocenters. The van der Waals surface area contributed by atoms with E-state index in [1.54, 1.807) is 18.2 Å². The topological polar surface area (TPSA) is 17.1 Å². The molecule has 0 aliphatic carbocycles. The molecule has 1 atom stereocenters. The SMILES string of the molecule is C=C(c1ccccc1)[C@](C)(CC(C)=O)c1ccccc1F. The molecule has 2 aromatic rings. The van der Waals surface area contributed by atoms with Crippen LogP contribution in [0.15, 0.2) is 61.2 Å². The van der Waals surface area contributed by atoms with E-state index in [-0.39, 0.29) is 18.0 Å². The fourth-order valence-electron chi connectivity index (χ4n) is 2.73. The molecule has 0 bridgehead atoms. The summed E-state index contributed by atoms with van der Waals surface area (Å²) >= 11 is 0. The molecule has 2 rings (SSSR count). The molecule has 0 N–H and O–H groups in total. The van der Waals surface area contributed by atoms with Gasteiger partial charge in [-0.05, 0) is 29.7 Å². The summed E-state index contributed by atoms with van der Waals surface area (Å²) in [6.07, 6.45) is 0.224. The summed E-state index contributed by atoms with van der Waals surface area (Å²) in [5.74, 6) is -0.295. The summed E-state index contributed by atoms with van der Waals surface area (Å²) in [7, 11) is 0. The Kier molecular flexibility index (Phi) is 4.37. The van der Waals surface area contributed by atoms with Crippen LogP contribution >= 0.6 is 0 Å². The highest BCUT2D eigenvalue weighted by Crippen LogP contribution is 2.41. The molecule has 0 amide bonds. The van der Waals surface area contributed by atoms with E-state index in [0.29, 0.717) is 5.56 Å². The number of hydrogen-bond donors (Lipinski definition) is 0. The lowest BCUT2D eigenvalue weighted by Crippen LogP contribution is -2.27. The second-order valence-electron chi connectivity index (χ2n) is 5.54. The molecule has 2 heteroatoms. The summed E-state index contributed by atoms with van der Waals surface area (Å²) in [5, 5.41) is 0. The van der Waals surface area contributed by atoms with Gasteiger partial charge in [0.2, 0.25) is 0 Å². The summed E-state index contributed by atoms with van der Waals surface area (Å²) in [5.41, 5.74) is 1.43. The van der Waals surface area contributed by atoms with Crippen LogP contribution in [-0.4, -0.2) is 5.78 Å². The molecule has 0 heterocycles. The fourth-order valence-corrected chi connectivity index (χ4v) is 2.73. The predicted molar refractivity (Wildman–Crippen MR) is 84.5 cm³/mol. The van der Waals surface area contributed by atoms with Gasteiger partial charge in [0.05, 0.1) is 0 Å². The number of rotatable bonds is 5. The highest BCUT2D eigenvalue weighted by Gasteiger charge is 2.34. The van der Waals surface area contributed by atoms with E-state index in [1.165, 1.54) is 13.0 Å². The molecule has 0 saturated heterocycles. The summed E-state index contributed by atoms with van der Waals surface area (Å²) < 4.78 is 14.3. The first-order valence-electron chi connectivity index (χ1n) is 6.94. The first-order chi connectivity index (χ1) is 9.95. The molecule has 0 aliphatic heterocycles. The Morgan fingerprint density at radius 1 is 1.10 bits per heavy atom. The van der Waals surface area contributed by atoms with Crippen molar-refractivity contribution in [3.8, 4) is 0 Å². The van der Waals surface area contributed by atoms with Gasteiger partial charge in [-0.3, -0.25) is 4.79 Å². The average Bonchev–Trinajstić information content (AvgIpc) is 2.47. The highest BCUT2D eigenvalue weighted by molar-refractivity contribution is 5.84. The second-order valence-corrected chi connectivity index (χ2v) is 5.54. The Labute approximate surface area is 125 Å². The maximum Gasteiger partial charge on any atom is 0.131 e. The molecule has 108 valence electrons. The van der Waals surface area contributed by atoms with E-state index in [4.69, 9.17) is 0 Å². The Morgan fingerprint density at radius 2 is 1.67 bits per heavy atom. The summed E-state index contributed by atoms with van der Waals surface area (Å²) in [4.78, 5) is 11.7. The number of ketones is 1. The first kappa shape index (κ1) is 15.2. The van der Waals surface area contributed by atoms with Crippen LogP contribution in [0.2, 0.25) is 0 Å². The van der Waals surface area contributed by atoms with Crippen LogP contribution in [0, 0.1) is 5.82 Å². The van der Waals surface area contributed by atoms with Gasteiger partial charge in [0.1, 0.15) is 11.6 Å². The fraction of sp³-hybridized carbons (Fsp3) is 0.211. The van der Waals surface area contributed by atoms with Crippen molar-refractivity contribution in [2.45, 2.75) is 25.7 Å². The van der Waals surface area contributed by atoms with Gasteiger partial charge in [0.25, 0.3) is 0 Å². The van der Waals surface area contributed by atoms with Crippen LogP contribution in [0.5, 0.6) is 0 Å². The molecule has 1 nitrogen and oxygen atoms in total. The minimum absolute atomic E-state index is 0.0119. The van der Waals surface area contributed by atoms with Gasteiger partial charge in [-0.25, -0.2) is 4.39 Å². The van der Waals surface area contributed by atoms with E-state index >= 15 is 0 Å². The molecule has 2 aromatic carbocycles. The molecular weight excluding hydrogens is 263 g/mol. The van der Waals surface area contributed by atoms with Crippen LogP contribution in [0.4, 0.5) is 4.39 Å². The van der Waals surface area contributed by atoms with Crippen molar-refractivity contribution in [1.29, 1.82) is 0 Å². The van der Waals surface area contributed by atoms with Gasteiger partial charge in [-0.15, -0.1) is 0 Å². The number of allylic oxidation sites excluding steroid dienone is 1. The number of benzene rings is 2. The third-order valence-electron chi connectivity index (χ3n) is 3.86. The monoisotopic (exact) mass is 282 g/mol. The largest absolute Gasteiger partial charge is 0.300 e. The summed E-state index contributed by atoms with van der Waals surface area (Å²) in [6.45, 7) is 7.55. The maximum atomic E-state index is 14.3. The predicted octanol–water partition coefficient (Wildman–Crippen LogP) is 4.78. The zero-order valence-corrected chi connectivity index (χ0v) is 12.4. The van der Waals surface area contributed by atoms with E-state index in [2.05, 4.69) is 6.58 Å². The van der Waals surface area contributed by atoms with Gasteiger partial charge in [-0.1, -0.05) is 62.0 Å². The van der Waals surface area contributed by atoms with E-state index in [1.807, 2.05) is 37.3 Å². The smallest absolute Gasteiger partial charge is 0.131 e.